The lowest BCUT2D eigenvalue weighted by Gasteiger charge is -2.11. The molecule has 2 nitrogen and oxygen atoms in total. The van der Waals surface area contributed by atoms with Gasteiger partial charge in [-0.1, -0.05) is 6.07 Å². The summed E-state index contributed by atoms with van der Waals surface area (Å²) in [7, 11) is 1.64. The second kappa shape index (κ2) is 5.89. The van der Waals surface area contributed by atoms with Crippen LogP contribution in [0.15, 0.2) is 38.6 Å². The van der Waals surface area contributed by atoms with Crippen molar-refractivity contribution in [3.8, 4) is 11.5 Å². The molecule has 2 rings (SSSR count). The number of halogens is 2. The Bertz CT molecular complexity index is 511. The molecule has 0 spiro atoms. The Morgan fingerprint density at radius 3 is 2.65 bits per heavy atom. The highest BCUT2D eigenvalue weighted by molar-refractivity contribution is 9.11. The van der Waals surface area contributed by atoms with Crippen LogP contribution in [0.3, 0.4) is 0 Å². The predicted molar refractivity (Wildman–Crippen MR) is 77.0 cm³/mol. The fraction of sp³-hybridized carbons (Fsp3) is 0.167. The van der Waals surface area contributed by atoms with Crippen LogP contribution in [0.2, 0.25) is 0 Å². The first-order valence-electron chi connectivity index (χ1n) is 4.90. The summed E-state index contributed by atoms with van der Waals surface area (Å²) >= 11 is 8.55. The van der Waals surface area contributed by atoms with Crippen LogP contribution >= 0.6 is 43.2 Å². The average Bonchev–Trinajstić information content (AvgIpc) is 2.73. The van der Waals surface area contributed by atoms with E-state index in [0.29, 0.717) is 6.61 Å². The molecule has 0 N–H and O–H groups in total. The van der Waals surface area contributed by atoms with Gasteiger partial charge < -0.3 is 9.47 Å². The summed E-state index contributed by atoms with van der Waals surface area (Å²) in [5.41, 5.74) is 0. The minimum Gasteiger partial charge on any atom is -0.493 e. The van der Waals surface area contributed by atoms with Gasteiger partial charge in [0.25, 0.3) is 0 Å². The van der Waals surface area contributed by atoms with Crippen LogP contribution in [-0.2, 0) is 6.61 Å². The molecule has 0 unspecified atom stereocenters. The van der Waals surface area contributed by atoms with E-state index >= 15 is 0 Å². The van der Waals surface area contributed by atoms with Gasteiger partial charge in [0, 0.05) is 4.88 Å². The van der Waals surface area contributed by atoms with Gasteiger partial charge in [-0.05, 0) is 56.1 Å². The third kappa shape index (κ3) is 3.24. The Hall–Kier alpha value is -0.520. The van der Waals surface area contributed by atoms with E-state index in [1.165, 1.54) is 0 Å². The van der Waals surface area contributed by atoms with Crippen LogP contribution in [-0.4, -0.2) is 7.11 Å². The van der Waals surface area contributed by atoms with Crippen molar-refractivity contribution in [1.29, 1.82) is 0 Å². The van der Waals surface area contributed by atoms with Crippen LogP contribution < -0.4 is 9.47 Å². The first kappa shape index (κ1) is 12.9. The molecule has 0 amide bonds. The number of rotatable bonds is 4. The SMILES string of the molecule is COc1cccc(Br)c1OCc1ccc(Br)s1. The number of ether oxygens (including phenoxy) is 2. The summed E-state index contributed by atoms with van der Waals surface area (Å²) in [6.07, 6.45) is 0. The minimum absolute atomic E-state index is 0.537. The normalized spacial score (nSPS) is 10.3. The topological polar surface area (TPSA) is 18.5 Å². The molecule has 1 heterocycles. The molecule has 0 bridgehead atoms. The van der Waals surface area contributed by atoms with Gasteiger partial charge in [-0.25, -0.2) is 0 Å². The molecule has 0 aliphatic carbocycles. The zero-order valence-electron chi connectivity index (χ0n) is 9.07. The average molecular weight is 378 g/mol. The van der Waals surface area contributed by atoms with Crippen LogP contribution in [0.4, 0.5) is 0 Å². The fourth-order valence-electron chi connectivity index (χ4n) is 1.36. The summed E-state index contributed by atoms with van der Waals surface area (Å²) in [4.78, 5) is 1.16. The number of thiophene rings is 1. The monoisotopic (exact) mass is 376 g/mol. The summed E-state index contributed by atoms with van der Waals surface area (Å²) in [5.74, 6) is 1.47. The van der Waals surface area contributed by atoms with Crippen molar-refractivity contribution >= 4 is 43.2 Å². The molecule has 0 saturated heterocycles. The highest BCUT2D eigenvalue weighted by Gasteiger charge is 2.09. The lowest BCUT2D eigenvalue weighted by Crippen LogP contribution is -1.96. The first-order valence-corrected chi connectivity index (χ1v) is 7.30. The van der Waals surface area contributed by atoms with Crippen LogP contribution in [0, 0.1) is 0 Å². The van der Waals surface area contributed by atoms with E-state index in [9.17, 15) is 0 Å². The van der Waals surface area contributed by atoms with E-state index in [1.54, 1.807) is 18.4 Å². The summed E-state index contributed by atoms with van der Waals surface area (Å²) < 4.78 is 13.0. The highest BCUT2D eigenvalue weighted by Crippen LogP contribution is 2.35. The van der Waals surface area contributed by atoms with Gasteiger partial charge in [-0.3, -0.25) is 0 Å². The Kier molecular flexibility index (Phi) is 4.48. The molecule has 0 radical (unpaired) electrons. The lowest BCUT2D eigenvalue weighted by molar-refractivity contribution is 0.285. The highest BCUT2D eigenvalue weighted by atomic mass is 79.9. The van der Waals surface area contributed by atoms with Crippen molar-refractivity contribution in [3.05, 3.63) is 43.5 Å². The van der Waals surface area contributed by atoms with Crippen molar-refractivity contribution in [2.45, 2.75) is 6.61 Å². The standard InChI is InChI=1S/C12H10Br2O2S/c1-15-10-4-2-3-9(13)12(10)16-7-8-5-6-11(14)17-8/h2-6H,7H2,1H3. The molecule has 0 saturated carbocycles. The lowest BCUT2D eigenvalue weighted by atomic mass is 10.3. The third-order valence-electron chi connectivity index (χ3n) is 2.14. The van der Waals surface area contributed by atoms with E-state index in [1.807, 2.05) is 30.3 Å². The molecular formula is C12H10Br2O2S. The Balaban J connectivity index is 2.13. The molecule has 0 fully saturated rings. The first-order chi connectivity index (χ1) is 8.20. The van der Waals surface area contributed by atoms with Crippen molar-refractivity contribution in [3.63, 3.8) is 0 Å². The predicted octanol–water partition coefficient (Wildman–Crippen LogP) is 4.86. The van der Waals surface area contributed by atoms with Gasteiger partial charge in [0.2, 0.25) is 0 Å². The Morgan fingerprint density at radius 2 is 2.00 bits per heavy atom. The van der Waals surface area contributed by atoms with Crippen molar-refractivity contribution in [2.24, 2.45) is 0 Å². The molecule has 17 heavy (non-hydrogen) atoms. The molecule has 1 aromatic heterocycles. The molecule has 2 aromatic rings. The van der Waals surface area contributed by atoms with Gasteiger partial charge in [0.15, 0.2) is 11.5 Å². The molecule has 0 aliphatic rings. The van der Waals surface area contributed by atoms with Gasteiger partial charge in [0.1, 0.15) is 6.61 Å². The second-order valence-corrected chi connectivity index (χ2v) is 6.67. The zero-order chi connectivity index (χ0) is 12.3. The van der Waals surface area contributed by atoms with Crippen molar-refractivity contribution < 1.29 is 9.47 Å². The summed E-state index contributed by atoms with van der Waals surface area (Å²) in [6, 6.07) is 9.78. The van der Waals surface area contributed by atoms with Crippen molar-refractivity contribution in [2.75, 3.05) is 7.11 Å². The van der Waals surface area contributed by atoms with E-state index in [2.05, 4.69) is 31.9 Å². The molecule has 5 heteroatoms. The smallest absolute Gasteiger partial charge is 0.175 e. The maximum Gasteiger partial charge on any atom is 0.175 e. The van der Waals surface area contributed by atoms with E-state index in [0.717, 1.165) is 24.6 Å². The summed E-state index contributed by atoms with van der Waals surface area (Å²) in [5, 5.41) is 0. The summed E-state index contributed by atoms with van der Waals surface area (Å²) in [6.45, 7) is 0.537. The number of hydrogen-bond donors (Lipinski definition) is 0. The largest absolute Gasteiger partial charge is 0.493 e. The van der Waals surface area contributed by atoms with Gasteiger partial charge in [-0.2, -0.15) is 0 Å². The van der Waals surface area contributed by atoms with Crippen molar-refractivity contribution in [1.82, 2.24) is 0 Å². The van der Waals surface area contributed by atoms with Gasteiger partial charge >= 0.3 is 0 Å². The van der Waals surface area contributed by atoms with E-state index in [-0.39, 0.29) is 0 Å². The Labute approximate surface area is 121 Å². The van der Waals surface area contributed by atoms with Crippen LogP contribution in [0.5, 0.6) is 11.5 Å². The molecule has 0 aliphatic heterocycles. The van der Waals surface area contributed by atoms with E-state index in [4.69, 9.17) is 9.47 Å². The number of para-hydroxylation sites is 1. The molecule has 90 valence electrons. The minimum atomic E-state index is 0.537. The molecule has 1 aromatic carbocycles. The quantitative estimate of drug-likeness (QED) is 0.757. The van der Waals surface area contributed by atoms with E-state index < -0.39 is 0 Å². The number of benzene rings is 1. The maximum absolute atomic E-state index is 5.78. The Morgan fingerprint density at radius 1 is 1.18 bits per heavy atom. The number of hydrogen-bond acceptors (Lipinski definition) is 3. The fourth-order valence-corrected chi connectivity index (χ4v) is 3.22. The molecular weight excluding hydrogens is 368 g/mol. The zero-order valence-corrected chi connectivity index (χ0v) is 13.1. The van der Waals surface area contributed by atoms with Gasteiger partial charge in [-0.15, -0.1) is 11.3 Å². The number of methoxy groups -OCH3 is 1. The second-order valence-electron chi connectivity index (χ2n) is 3.27. The van der Waals surface area contributed by atoms with Crippen LogP contribution in [0.25, 0.3) is 0 Å². The van der Waals surface area contributed by atoms with Crippen LogP contribution in [0.1, 0.15) is 4.88 Å². The maximum atomic E-state index is 5.78. The third-order valence-corrected chi connectivity index (χ3v) is 4.36. The van der Waals surface area contributed by atoms with Gasteiger partial charge in [0.05, 0.1) is 15.4 Å². The molecule has 0 atom stereocenters.